The maximum Gasteiger partial charge on any atom is 0.223 e. The number of amides is 1. The number of carbonyl (C=O) groups is 1. The van der Waals surface area contributed by atoms with Crippen molar-refractivity contribution in [1.82, 2.24) is 4.90 Å². The molecule has 1 spiro atoms. The SMILES string of the molecule is O=C(CCCl)N1C[C@H](CO)C2(CCCC2)C1. The Morgan fingerprint density at radius 2 is 2.12 bits per heavy atom. The van der Waals surface area contributed by atoms with E-state index in [-0.39, 0.29) is 23.8 Å². The zero-order chi connectivity index (χ0) is 11.6. The molecule has 1 saturated heterocycles. The Bertz CT molecular complexity index is 264. The predicted octanol–water partition coefficient (Wildman–Crippen LogP) is 1.63. The highest BCUT2D eigenvalue weighted by Crippen LogP contribution is 2.48. The van der Waals surface area contributed by atoms with Crippen LogP contribution in [0, 0.1) is 11.3 Å². The quantitative estimate of drug-likeness (QED) is 0.768. The minimum Gasteiger partial charge on any atom is -0.396 e. The molecule has 16 heavy (non-hydrogen) atoms. The monoisotopic (exact) mass is 245 g/mol. The zero-order valence-electron chi connectivity index (χ0n) is 9.62. The maximum absolute atomic E-state index is 11.8. The van der Waals surface area contributed by atoms with E-state index in [4.69, 9.17) is 11.6 Å². The Morgan fingerprint density at radius 3 is 2.69 bits per heavy atom. The minimum absolute atomic E-state index is 0.150. The van der Waals surface area contributed by atoms with E-state index in [1.807, 2.05) is 4.90 Å². The van der Waals surface area contributed by atoms with Crippen molar-refractivity contribution in [3.05, 3.63) is 0 Å². The molecule has 1 aliphatic heterocycles. The van der Waals surface area contributed by atoms with Gasteiger partial charge in [-0.2, -0.15) is 0 Å². The van der Waals surface area contributed by atoms with Crippen molar-refractivity contribution in [1.29, 1.82) is 0 Å². The lowest BCUT2D eigenvalue weighted by atomic mass is 9.77. The van der Waals surface area contributed by atoms with Gasteiger partial charge in [0.2, 0.25) is 5.91 Å². The summed E-state index contributed by atoms with van der Waals surface area (Å²) in [7, 11) is 0. The number of aliphatic hydroxyl groups excluding tert-OH is 1. The third-order valence-corrected chi connectivity index (χ3v) is 4.48. The molecule has 1 N–H and O–H groups in total. The van der Waals surface area contributed by atoms with Crippen LogP contribution in [0.1, 0.15) is 32.1 Å². The average molecular weight is 246 g/mol. The minimum atomic E-state index is 0.150. The summed E-state index contributed by atoms with van der Waals surface area (Å²) in [4.78, 5) is 13.7. The van der Waals surface area contributed by atoms with Crippen LogP contribution in [0.15, 0.2) is 0 Å². The van der Waals surface area contributed by atoms with E-state index in [1.54, 1.807) is 0 Å². The Kier molecular flexibility index (Phi) is 3.75. The summed E-state index contributed by atoms with van der Waals surface area (Å²) in [5.41, 5.74) is 0.219. The van der Waals surface area contributed by atoms with Crippen molar-refractivity contribution in [2.75, 3.05) is 25.6 Å². The van der Waals surface area contributed by atoms with Gasteiger partial charge in [0, 0.05) is 37.9 Å². The lowest BCUT2D eigenvalue weighted by molar-refractivity contribution is -0.130. The predicted molar refractivity (Wildman–Crippen MR) is 63.4 cm³/mol. The first-order valence-electron chi connectivity index (χ1n) is 6.16. The molecule has 2 aliphatic rings. The summed E-state index contributed by atoms with van der Waals surface area (Å²) in [6.45, 7) is 1.78. The molecule has 1 saturated carbocycles. The molecule has 1 atom stereocenters. The third-order valence-electron chi connectivity index (χ3n) is 4.29. The summed E-state index contributed by atoms with van der Waals surface area (Å²) in [6.07, 6.45) is 5.25. The fourth-order valence-electron chi connectivity index (χ4n) is 3.36. The number of carbonyl (C=O) groups excluding carboxylic acids is 1. The molecule has 1 aliphatic carbocycles. The molecule has 0 radical (unpaired) electrons. The number of nitrogens with zero attached hydrogens (tertiary/aromatic N) is 1. The zero-order valence-corrected chi connectivity index (χ0v) is 10.4. The molecule has 0 aromatic carbocycles. The third kappa shape index (κ3) is 2.07. The fraction of sp³-hybridized carbons (Fsp3) is 0.917. The van der Waals surface area contributed by atoms with Gasteiger partial charge in [-0.25, -0.2) is 0 Å². The number of rotatable bonds is 3. The lowest BCUT2D eigenvalue weighted by Crippen LogP contribution is -2.31. The number of hydrogen-bond donors (Lipinski definition) is 1. The average Bonchev–Trinajstić information content (AvgIpc) is 2.87. The summed E-state index contributed by atoms with van der Waals surface area (Å²) >= 11 is 5.60. The molecular weight excluding hydrogens is 226 g/mol. The highest BCUT2D eigenvalue weighted by Gasteiger charge is 2.48. The van der Waals surface area contributed by atoms with Crippen LogP contribution in [0.2, 0.25) is 0 Å². The number of likely N-dealkylation sites (tertiary alicyclic amines) is 1. The highest BCUT2D eigenvalue weighted by atomic mass is 35.5. The van der Waals surface area contributed by atoms with Gasteiger partial charge in [-0.1, -0.05) is 12.8 Å². The van der Waals surface area contributed by atoms with E-state index in [9.17, 15) is 9.90 Å². The maximum atomic E-state index is 11.8. The van der Waals surface area contributed by atoms with Crippen molar-refractivity contribution < 1.29 is 9.90 Å². The molecule has 1 heterocycles. The molecule has 1 amide bonds. The van der Waals surface area contributed by atoms with Gasteiger partial charge >= 0.3 is 0 Å². The summed E-state index contributed by atoms with van der Waals surface area (Å²) in [5, 5.41) is 9.46. The second-order valence-corrected chi connectivity index (χ2v) is 5.54. The van der Waals surface area contributed by atoms with E-state index in [2.05, 4.69) is 0 Å². The number of hydrogen-bond acceptors (Lipinski definition) is 2. The van der Waals surface area contributed by atoms with Crippen LogP contribution in [0.5, 0.6) is 0 Å². The molecular formula is C12H20ClNO2. The fourth-order valence-corrected chi connectivity index (χ4v) is 3.52. The first kappa shape index (κ1) is 12.2. The highest BCUT2D eigenvalue weighted by molar-refractivity contribution is 6.18. The molecule has 3 nitrogen and oxygen atoms in total. The molecule has 2 fully saturated rings. The van der Waals surface area contributed by atoms with Crippen molar-refractivity contribution in [3.63, 3.8) is 0 Å². The molecule has 0 aromatic heterocycles. The van der Waals surface area contributed by atoms with Crippen molar-refractivity contribution >= 4 is 17.5 Å². The van der Waals surface area contributed by atoms with E-state index in [1.165, 1.54) is 25.7 Å². The van der Waals surface area contributed by atoms with Gasteiger partial charge in [-0.15, -0.1) is 11.6 Å². The molecule has 2 rings (SSSR count). The molecule has 92 valence electrons. The molecule has 4 heteroatoms. The van der Waals surface area contributed by atoms with E-state index in [0.29, 0.717) is 12.3 Å². The van der Waals surface area contributed by atoms with Crippen LogP contribution in [0.25, 0.3) is 0 Å². The van der Waals surface area contributed by atoms with E-state index >= 15 is 0 Å². The molecule has 0 unspecified atom stereocenters. The van der Waals surface area contributed by atoms with Crippen LogP contribution in [-0.4, -0.2) is 41.5 Å². The molecule has 0 bridgehead atoms. The van der Waals surface area contributed by atoms with E-state index < -0.39 is 0 Å². The Hall–Kier alpha value is -0.280. The standard InChI is InChI=1S/C12H20ClNO2/c13-6-3-11(16)14-7-10(8-15)12(9-14)4-1-2-5-12/h10,15H,1-9H2/t10-/m1/s1. The van der Waals surface area contributed by atoms with Gasteiger partial charge in [0.25, 0.3) is 0 Å². The Labute approximate surface area is 102 Å². The first-order chi connectivity index (χ1) is 7.72. The first-order valence-corrected chi connectivity index (χ1v) is 6.70. The van der Waals surface area contributed by atoms with Crippen LogP contribution < -0.4 is 0 Å². The van der Waals surface area contributed by atoms with Gasteiger partial charge in [0.1, 0.15) is 0 Å². The van der Waals surface area contributed by atoms with Crippen molar-refractivity contribution in [2.45, 2.75) is 32.1 Å². The second kappa shape index (κ2) is 4.92. The van der Waals surface area contributed by atoms with Gasteiger partial charge in [0.05, 0.1) is 0 Å². The normalized spacial score (nSPS) is 27.9. The van der Waals surface area contributed by atoms with Gasteiger partial charge in [0.15, 0.2) is 0 Å². The van der Waals surface area contributed by atoms with Crippen LogP contribution >= 0.6 is 11.6 Å². The lowest BCUT2D eigenvalue weighted by Gasteiger charge is -2.28. The molecule has 0 aromatic rings. The summed E-state index contributed by atoms with van der Waals surface area (Å²) in [5.74, 6) is 0.832. The van der Waals surface area contributed by atoms with Crippen LogP contribution in [-0.2, 0) is 4.79 Å². The summed E-state index contributed by atoms with van der Waals surface area (Å²) < 4.78 is 0. The van der Waals surface area contributed by atoms with Crippen molar-refractivity contribution in [2.24, 2.45) is 11.3 Å². The number of aliphatic hydroxyl groups is 1. The van der Waals surface area contributed by atoms with Gasteiger partial charge in [-0.3, -0.25) is 4.79 Å². The summed E-state index contributed by atoms with van der Waals surface area (Å²) in [6, 6.07) is 0. The van der Waals surface area contributed by atoms with Gasteiger partial charge < -0.3 is 10.0 Å². The van der Waals surface area contributed by atoms with Crippen LogP contribution in [0.4, 0.5) is 0 Å². The number of alkyl halides is 1. The Morgan fingerprint density at radius 1 is 1.44 bits per heavy atom. The van der Waals surface area contributed by atoms with E-state index in [0.717, 1.165) is 13.1 Å². The second-order valence-electron chi connectivity index (χ2n) is 5.16. The smallest absolute Gasteiger partial charge is 0.223 e. The van der Waals surface area contributed by atoms with Gasteiger partial charge in [-0.05, 0) is 18.3 Å². The topological polar surface area (TPSA) is 40.5 Å². The number of halogens is 1. The van der Waals surface area contributed by atoms with Crippen molar-refractivity contribution in [3.8, 4) is 0 Å². The van der Waals surface area contributed by atoms with Crippen LogP contribution in [0.3, 0.4) is 0 Å². The Balaban J connectivity index is 2.04. The largest absolute Gasteiger partial charge is 0.396 e.